The molecule has 6 heteroatoms. The summed E-state index contributed by atoms with van der Waals surface area (Å²) in [6, 6.07) is 11.4. The summed E-state index contributed by atoms with van der Waals surface area (Å²) in [7, 11) is 1.99. The van der Waals surface area contributed by atoms with Gasteiger partial charge >= 0.3 is 0 Å². The van der Waals surface area contributed by atoms with Gasteiger partial charge in [0.15, 0.2) is 5.65 Å². The van der Waals surface area contributed by atoms with Crippen LogP contribution in [-0.4, -0.2) is 38.4 Å². The summed E-state index contributed by atoms with van der Waals surface area (Å²) >= 11 is 6.17. The van der Waals surface area contributed by atoms with Crippen molar-refractivity contribution in [2.75, 3.05) is 13.1 Å². The first-order chi connectivity index (χ1) is 12.1. The Labute approximate surface area is 151 Å². The maximum atomic E-state index is 12.6. The average Bonchev–Trinajstić information content (AvgIpc) is 3.22. The van der Waals surface area contributed by atoms with E-state index in [1.54, 1.807) is 6.20 Å². The van der Waals surface area contributed by atoms with Crippen molar-refractivity contribution in [1.82, 2.24) is 19.4 Å². The second-order valence-electron chi connectivity index (χ2n) is 6.47. The Morgan fingerprint density at radius 2 is 2.12 bits per heavy atom. The quantitative estimate of drug-likeness (QED) is 0.725. The fourth-order valence-corrected chi connectivity index (χ4v) is 3.72. The van der Waals surface area contributed by atoms with Crippen LogP contribution in [-0.2, 0) is 18.3 Å². The predicted octanol–water partition coefficient (Wildman–Crippen LogP) is 3.18. The topological polar surface area (TPSA) is 51.0 Å². The summed E-state index contributed by atoms with van der Waals surface area (Å²) < 4.78 is 2.04. The molecule has 5 nitrogen and oxygen atoms in total. The lowest BCUT2D eigenvalue weighted by atomic mass is 10.1. The molecule has 1 aliphatic rings. The highest BCUT2D eigenvalue weighted by molar-refractivity contribution is 6.31. The first-order valence-corrected chi connectivity index (χ1v) is 8.80. The molecule has 0 radical (unpaired) electrons. The number of aryl methyl sites for hydroxylation is 1. The predicted molar refractivity (Wildman–Crippen MR) is 97.6 cm³/mol. The van der Waals surface area contributed by atoms with Crippen molar-refractivity contribution in [2.24, 2.45) is 7.05 Å². The molecule has 1 aliphatic heterocycles. The molecule has 0 spiro atoms. The van der Waals surface area contributed by atoms with Gasteiger partial charge in [-0.05, 0) is 30.2 Å². The minimum Gasteiger partial charge on any atom is -0.342 e. The van der Waals surface area contributed by atoms with Gasteiger partial charge in [-0.15, -0.1) is 0 Å². The number of amides is 1. The number of halogens is 1. The van der Waals surface area contributed by atoms with Crippen molar-refractivity contribution in [1.29, 1.82) is 0 Å². The third kappa shape index (κ3) is 3.00. The number of carbonyl (C=O) groups is 1. The van der Waals surface area contributed by atoms with Crippen molar-refractivity contribution in [3.63, 3.8) is 0 Å². The summed E-state index contributed by atoms with van der Waals surface area (Å²) in [5.74, 6) is 1.36. The number of rotatable bonds is 3. The summed E-state index contributed by atoms with van der Waals surface area (Å²) in [4.78, 5) is 23.7. The fourth-order valence-electron chi connectivity index (χ4n) is 3.52. The van der Waals surface area contributed by atoms with Gasteiger partial charge < -0.3 is 9.47 Å². The Morgan fingerprint density at radius 1 is 1.28 bits per heavy atom. The van der Waals surface area contributed by atoms with Gasteiger partial charge in [-0.3, -0.25) is 4.79 Å². The third-order valence-corrected chi connectivity index (χ3v) is 5.24. The van der Waals surface area contributed by atoms with Gasteiger partial charge in [-0.2, -0.15) is 0 Å². The number of fused-ring (bicyclic) bond motifs is 1. The van der Waals surface area contributed by atoms with E-state index >= 15 is 0 Å². The van der Waals surface area contributed by atoms with Gasteiger partial charge in [-0.1, -0.05) is 29.8 Å². The number of nitrogens with zero attached hydrogens (tertiary/aromatic N) is 4. The number of carbonyl (C=O) groups excluding carboxylic acids is 1. The van der Waals surface area contributed by atoms with Crippen LogP contribution in [0.5, 0.6) is 0 Å². The van der Waals surface area contributed by atoms with Crippen LogP contribution in [0.1, 0.15) is 23.7 Å². The SMILES string of the molecule is Cn1c([C@H]2CCN(C(=O)Cc3ccccc3Cl)C2)nc2cccnc21. The number of hydrogen-bond acceptors (Lipinski definition) is 3. The van der Waals surface area contributed by atoms with Crippen LogP contribution < -0.4 is 0 Å². The van der Waals surface area contributed by atoms with Crippen molar-refractivity contribution < 1.29 is 4.79 Å². The van der Waals surface area contributed by atoms with E-state index in [1.165, 1.54) is 0 Å². The first-order valence-electron chi connectivity index (χ1n) is 8.42. The molecule has 0 bridgehead atoms. The second kappa shape index (κ2) is 6.48. The zero-order valence-corrected chi connectivity index (χ0v) is 14.8. The molecule has 0 unspecified atom stereocenters. The van der Waals surface area contributed by atoms with Crippen LogP contribution in [0, 0.1) is 0 Å². The van der Waals surface area contributed by atoms with Crippen molar-refractivity contribution in [2.45, 2.75) is 18.8 Å². The zero-order chi connectivity index (χ0) is 17.4. The molecule has 1 atom stereocenters. The lowest BCUT2D eigenvalue weighted by molar-refractivity contribution is -0.129. The van der Waals surface area contributed by atoms with Crippen molar-refractivity contribution in [3.05, 3.63) is 59.0 Å². The van der Waals surface area contributed by atoms with Crippen LogP contribution in [0.3, 0.4) is 0 Å². The highest BCUT2D eigenvalue weighted by atomic mass is 35.5. The van der Waals surface area contributed by atoms with E-state index in [0.717, 1.165) is 35.5 Å². The number of likely N-dealkylation sites (tertiary alicyclic amines) is 1. The Hall–Kier alpha value is -2.40. The molecule has 3 heterocycles. The van der Waals surface area contributed by atoms with Gasteiger partial charge in [-0.25, -0.2) is 9.97 Å². The molecule has 4 rings (SSSR count). The van der Waals surface area contributed by atoms with Crippen molar-refractivity contribution >= 4 is 28.7 Å². The number of hydrogen-bond donors (Lipinski definition) is 0. The third-order valence-electron chi connectivity index (χ3n) is 4.87. The van der Waals surface area contributed by atoms with Crippen LogP contribution >= 0.6 is 11.6 Å². The van der Waals surface area contributed by atoms with Gasteiger partial charge in [0, 0.05) is 37.3 Å². The van der Waals surface area contributed by atoms with Crippen LogP contribution in [0.15, 0.2) is 42.6 Å². The lowest BCUT2D eigenvalue weighted by Gasteiger charge is -2.17. The molecule has 128 valence electrons. The number of pyridine rings is 1. The maximum Gasteiger partial charge on any atom is 0.227 e. The molecule has 25 heavy (non-hydrogen) atoms. The van der Waals surface area contributed by atoms with Crippen LogP contribution in [0.4, 0.5) is 0 Å². The van der Waals surface area contributed by atoms with E-state index < -0.39 is 0 Å². The molecule has 3 aromatic rings. The van der Waals surface area contributed by atoms with Gasteiger partial charge in [0.1, 0.15) is 11.3 Å². The largest absolute Gasteiger partial charge is 0.342 e. The molecule has 0 aliphatic carbocycles. The summed E-state index contributed by atoms with van der Waals surface area (Å²) in [6.45, 7) is 1.45. The van der Waals surface area contributed by atoms with Gasteiger partial charge in [0.05, 0.1) is 6.42 Å². The van der Waals surface area contributed by atoms with E-state index in [-0.39, 0.29) is 11.8 Å². The smallest absolute Gasteiger partial charge is 0.227 e. The van der Waals surface area contributed by atoms with E-state index in [0.29, 0.717) is 18.0 Å². The summed E-state index contributed by atoms with van der Waals surface area (Å²) in [5, 5.41) is 0.646. The average molecular weight is 355 g/mol. The van der Waals surface area contributed by atoms with Crippen LogP contribution in [0.25, 0.3) is 11.2 Å². The highest BCUT2D eigenvalue weighted by Gasteiger charge is 2.30. The Morgan fingerprint density at radius 3 is 2.92 bits per heavy atom. The van der Waals surface area contributed by atoms with Crippen LogP contribution in [0.2, 0.25) is 5.02 Å². The molecule has 1 fully saturated rings. The molecule has 1 saturated heterocycles. The number of imidazole rings is 1. The van der Waals surface area contributed by atoms with E-state index in [4.69, 9.17) is 16.6 Å². The molecular weight excluding hydrogens is 336 g/mol. The Balaban J connectivity index is 1.50. The molecule has 0 saturated carbocycles. The standard InChI is InChI=1S/C19H19ClN4O/c1-23-18(22-16-7-4-9-21-19(16)23)14-8-10-24(12-14)17(25)11-13-5-2-3-6-15(13)20/h2-7,9,14H,8,10-12H2,1H3/t14-/m0/s1. The summed E-state index contributed by atoms with van der Waals surface area (Å²) in [5.41, 5.74) is 2.67. The minimum atomic E-state index is 0.118. The lowest BCUT2D eigenvalue weighted by Crippen LogP contribution is -2.30. The monoisotopic (exact) mass is 354 g/mol. The fraction of sp³-hybridized carbons (Fsp3) is 0.316. The first kappa shape index (κ1) is 16.1. The second-order valence-corrected chi connectivity index (χ2v) is 6.88. The maximum absolute atomic E-state index is 12.6. The molecular formula is C19H19ClN4O. The normalized spacial score (nSPS) is 17.4. The van der Waals surface area contributed by atoms with E-state index in [9.17, 15) is 4.79 Å². The number of benzene rings is 1. The van der Waals surface area contributed by atoms with E-state index in [1.807, 2.05) is 52.9 Å². The Kier molecular flexibility index (Phi) is 4.17. The van der Waals surface area contributed by atoms with Gasteiger partial charge in [0.25, 0.3) is 0 Å². The van der Waals surface area contributed by atoms with Gasteiger partial charge in [0.2, 0.25) is 5.91 Å². The minimum absolute atomic E-state index is 0.118. The molecule has 1 aromatic carbocycles. The Bertz CT molecular complexity index is 936. The molecule has 1 amide bonds. The zero-order valence-electron chi connectivity index (χ0n) is 14.0. The van der Waals surface area contributed by atoms with Crippen molar-refractivity contribution in [3.8, 4) is 0 Å². The summed E-state index contributed by atoms with van der Waals surface area (Å²) in [6.07, 6.45) is 3.05. The highest BCUT2D eigenvalue weighted by Crippen LogP contribution is 2.29. The molecule has 2 aromatic heterocycles. The molecule has 0 N–H and O–H groups in total. The van der Waals surface area contributed by atoms with E-state index in [2.05, 4.69) is 4.98 Å². The number of aromatic nitrogens is 3.